The number of benzene rings is 2. The summed E-state index contributed by atoms with van der Waals surface area (Å²) in [5, 5.41) is 15.7. The Hall–Kier alpha value is -2.92. The average molecular weight is 607 g/mol. The summed E-state index contributed by atoms with van der Waals surface area (Å²) in [6.07, 6.45) is 6.71. The smallest absolute Gasteiger partial charge is 0.318 e. The second-order valence-corrected chi connectivity index (χ2v) is 13.7. The molecule has 0 spiro atoms. The molecule has 2 aromatic carbocycles. The van der Waals surface area contributed by atoms with Gasteiger partial charge in [-0.05, 0) is 69.1 Å². The highest BCUT2D eigenvalue weighted by Crippen LogP contribution is 2.46. The van der Waals surface area contributed by atoms with Crippen molar-refractivity contribution in [3.05, 3.63) is 46.4 Å². The van der Waals surface area contributed by atoms with Crippen molar-refractivity contribution in [2.24, 2.45) is 0 Å². The maximum absolute atomic E-state index is 14.7. The first-order valence-electron chi connectivity index (χ1n) is 15.7. The number of nitrogens with zero attached hydrogens (tertiary/aromatic N) is 5. The molecule has 4 saturated heterocycles. The van der Waals surface area contributed by atoms with Crippen LogP contribution in [0.3, 0.4) is 0 Å². The van der Waals surface area contributed by atoms with Crippen molar-refractivity contribution >= 4 is 33.9 Å². The van der Waals surface area contributed by atoms with E-state index in [4.69, 9.17) is 31.0 Å². The summed E-state index contributed by atoms with van der Waals surface area (Å²) in [5.41, 5.74) is 2.61. The van der Waals surface area contributed by atoms with Gasteiger partial charge in [0.25, 0.3) is 0 Å². The number of phenols is 1. The molecule has 0 saturated carbocycles. The van der Waals surface area contributed by atoms with Crippen molar-refractivity contribution < 1.29 is 19.0 Å². The lowest BCUT2D eigenvalue weighted by Gasteiger charge is -2.41. The van der Waals surface area contributed by atoms with Gasteiger partial charge in [0.15, 0.2) is 0 Å². The van der Waals surface area contributed by atoms with Crippen LogP contribution in [0, 0.1) is 5.82 Å². The van der Waals surface area contributed by atoms with Gasteiger partial charge in [0, 0.05) is 42.2 Å². The second kappa shape index (κ2) is 9.79. The fourth-order valence-corrected chi connectivity index (χ4v) is 9.16. The Kier molecular flexibility index (Phi) is 6.03. The molecule has 6 aliphatic heterocycles. The zero-order chi connectivity index (χ0) is 28.9. The van der Waals surface area contributed by atoms with Crippen LogP contribution in [-0.4, -0.2) is 83.0 Å². The Balaban J connectivity index is 1.14. The van der Waals surface area contributed by atoms with Gasteiger partial charge < -0.3 is 29.7 Å². The number of phenolic OH excluding ortho intramolecular Hbond substituents is 1. The van der Waals surface area contributed by atoms with Gasteiger partial charge in [0.05, 0.1) is 41.1 Å². The molecule has 2 N–H and O–H groups in total. The minimum atomic E-state index is -0.490. The van der Waals surface area contributed by atoms with Crippen molar-refractivity contribution in [2.75, 3.05) is 49.2 Å². The van der Waals surface area contributed by atoms with Gasteiger partial charge in [0.2, 0.25) is 0 Å². The van der Waals surface area contributed by atoms with Crippen LogP contribution in [0.2, 0.25) is 5.02 Å². The Labute approximate surface area is 254 Å². The monoisotopic (exact) mass is 606 g/mol. The summed E-state index contributed by atoms with van der Waals surface area (Å²) in [6, 6.07) is 7.65. The summed E-state index contributed by atoms with van der Waals surface area (Å²) in [4.78, 5) is 17.3. The zero-order valence-corrected chi connectivity index (χ0v) is 24.8. The Bertz CT molecular complexity index is 1610. The quantitative estimate of drug-likeness (QED) is 0.445. The molecule has 0 amide bonds. The van der Waals surface area contributed by atoms with E-state index in [0.717, 1.165) is 62.4 Å². The number of fused-ring (bicyclic) bond motifs is 7. The third-order valence-corrected chi connectivity index (χ3v) is 11.3. The first kappa shape index (κ1) is 26.5. The molecule has 0 aliphatic carbocycles. The van der Waals surface area contributed by atoms with E-state index >= 15 is 0 Å². The van der Waals surface area contributed by atoms with Crippen molar-refractivity contribution in [3.63, 3.8) is 0 Å². The van der Waals surface area contributed by atoms with Crippen molar-refractivity contribution in [2.45, 2.75) is 74.8 Å². The van der Waals surface area contributed by atoms with E-state index in [1.807, 2.05) is 0 Å². The zero-order valence-electron chi connectivity index (χ0n) is 24.1. The van der Waals surface area contributed by atoms with Gasteiger partial charge in [-0.3, -0.25) is 4.90 Å². The molecule has 9 rings (SSSR count). The van der Waals surface area contributed by atoms with E-state index in [2.05, 4.69) is 20.0 Å². The number of aromatic hydroxyl groups is 1. The van der Waals surface area contributed by atoms with Gasteiger partial charge in [0.1, 0.15) is 30.1 Å². The highest BCUT2D eigenvalue weighted by Gasteiger charge is 2.47. The molecule has 9 nitrogen and oxygen atoms in total. The van der Waals surface area contributed by atoms with Crippen LogP contribution in [0.4, 0.5) is 15.9 Å². The maximum atomic E-state index is 14.7. The van der Waals surface area contributed by atoms with Crippen LogP contribution < -0.4 is 19.9 Å². The summed E-state index contributed by atoms with van der Waals surface area (Å²) >= 11 is 6.55. The number of aromatic nitrogens is 2. The minimum Gasteiger partial charge on any atom is -0.508 e. The molecular formula is C32H36ClFN6O3. The van der Waals surface area contributed by atoms with E-state index in [9.17, 15) is 9.50 Å². The second-order valence-electron chi connectivity index (χ2n) is 13.3. The average Bonchev–Trinajstić information content (AvgIpc) is 3.68. The highest BCUT2D eigenvalue weighted by atomic mass is 35.5. The molecule has 6 aliphatic rings. The number of nitrogens with one attached hydrogen (secondary N) is 1. The van der Waals surface area contributed by atoms with Gasteiger partial charge in [-0.25, -0.2) is 4.39 Å². The molecule has 1 aromatic heterocycles. The number of anilines is 2. The van der Waals surface area contributed by atoms with Crippen LogP contribution >= 0.6 is 11.6 Å². The number of rotatable bonds is 4. The van der Waals surface area contributed by atoms with E-state index < -0.39 is 5.82 Å². The number of halogens is 2. The van der Waals surface area contributed by atoms with E-state index in [0.29, 0.717) is 60.9 Å². The first-order valence-corrected chi connectivity index (χ1v) is 16.1. The molecule has 11 heteroatoms. The number of hydrogen-bond donors (Lipinski definition) is 2. The lowest BCUT2D eigenvalue weighted by molar-refractivity contribution is 0.0414. The summed E-state index contributed by atoms with van der Waals surface area (Å²) in [5.74, 6) is 0.542. The molecule has 226 valence electrons. The van der Waals surface area contributed by atoms with E-state index in [1.54, 1.807) is 18.2 Å². The van der Waals surface area contributed by atoms with E-state index in [-0.39, 0.29) is 28.5 Å². The molecule has 0 radical (unpaired) electrons. The molecule has 2 bridgehead atoms. The van der Waals surface area contributed by atoms with Crippen molar-refractivity contribution in [3.8, 4) is 11.8 Å². The normalized spacial score (nSPS) is 29.0. The van der Waals surface area contributed by atoms with Crippen LogP contribution in [0.25, 0.3) is 10.8 Å². The van der Waals surface area contributed by atoms with E-state index in [1.165, 1.54) is 18.9 Å². The van der Waals surface area contributed by atoms with Crippen LogP contribution in [0.15, 0.2) is 24.3 Å². The molecule has 4 atom stereocenters. The number of hydrogen-bond acceptors (Lipinski definition) is 9. The summed E-state index contributed by atoms with van der Waals surface area (Å²) in [7, 11) is 0. The van der Waals surface area contributed by atoms with Crippen LogP contribution in [-0.2, 0) is 11.3 Å². The van der Waals surface area contributed by atoms with Gasteiger partial charge in [-0.2, -0.15) is 9.97 Å². The summed E-state index contributed by atoms with van der Waals surface area (Å²) < 4.78 is 27.9. The predicted molar refractivity (Wildman–Crippen MR) is 162 cm³/mol. The minimum absolute atomic E-state index is 0.0450. The lowest BCUT2D eigenvalue weighted by atomic mass is 9.95. The van der Waals surface area contributed by atoms with Crippen molar-refractivity contribution in [1.82, 2.24) is 20.2 Å². The predicted octanol–water partition coefficient (Wildman–Crippen LogP) is 4.54. The van der Waals surface area contributed by atoms with Crippen LogP contribution in [0.1, 0.15) is 55.9 Å². The summed E-state index contributed by atoms with van der Waals surface area (Å²) in [6.45, 7) is 5.27. The molecule has 7 heterocycles. The van der Waals surface area contributed by atoms with Gasteiger partial charge in [-0.15, -0.1) is 0 Å². The Morgan fingerprint density at radius 3 is 2.86 bits per heavy atom. The topological polar surface area (TPSA) is 86.2 Å². The third kappa shape index (κ3) is 4.13. The molecule has 43 heavy (non-hydrogen) atoms. The number of piperazine rings is 1. The third-order valence-electron chi connectivity index (χ3n) is 10.9. The SMILES string of the molecule is Oc1cc(N2Cc3nc(OCC45CCCN4CCC5)nc4c3C(C2)OCC2C3CCC(CN42)N3)c2c(Cl)c(F)ccc2c1. The first-order chi connectivity index (χ1) is 21.0. The van der Waals surface area contributed by atoms with Crippen molar-refractivity contribution in [1.29, 1.82) is 0 Å². The van der Waals surface area contributed by atoms with Gasteiger partial charge in [-0.1, -0.05) is 17.7 Å². The standard InChI is InChI=1S/C32H36ClFN6O3/c33-29-21(34)5-3-18-11-20(41)12-24(27(18)29)38-14-23-28-26(15-38)42-16-25-22-6-4-19(35-22)13-40(25)30(28)37-31(36-23)43-17-32-7-1-9-39(32)10-2-8-32/h3,5,11-12,19,22,25-26,35,41H,1-2,4,6-10,13-17H2. The fourth-order valence-electron chi connectivity index (χ4n) is 8.89. The molecule has 4 fully saturated rings. The Morgan fingerprint density at radius 1 is 1.14 bits per heavy atom. The van der Waals surface area contributed by atoms with Crippen LogP contribution in [0.5, 0.6) is 11.8 Å². The Morgan fingerprint density at radius 2 is 2.00 bits per heavy atom. The maximum Gasteiger partial charge on any atom is 0.318 e. The highest BCUT2D eigenvalue weighted by molar-refractivity contribution is 6.37. The molecule has 3 aromatic rings. The lowest BCUT2D eigenvalue weighted by Crippen LogP contribution is -2.59. The molecular weight excluding hydrogens is 571 g/mol. The molecule has 4 unspecified atom stereocenters. The largest absolute Gasteiger partial charge is 0.508 e. The fraction of sp³-hybridized carbons (Fsp3) is 0.562. The number of ether oxygens (including phenoxy) is 2. The van der Waals surface area contributed by atoms with Gasteiger partial charge >= 0.3 is 6.01 Å².